The first-order valence-electron chi connectivity index (χ1n) is 7.08. The van der Waals surface area contributed by atoms with Gasteiger partial charge in [-0.15, -0.1) is 23.5 Å². The molecule has 0 aromatic heterocycles. The molecule has 1 saturated heterocycles. The monoisotopic (exact) mass is 345 g/mol. The van der Waals surface area contributed by atoms with Crippen LogP contribution in [0.5, 0.6) is 0 Å². The van der Waals surface area contributed by atoms with Crippen molar-refractivity contribution < 1.29 is 0 Å². The quantitative estimate of drug-likeness (QED) is 0.648. The van der Waals surface area contributed by atoms with Crippen LogP contribution in [0.1, 0.15) is 20.8 Å². The lowest BCUT2D eigenvalue weighted by molar-refractivity contribution is 0.293. The van der Waals surface area contributed by atoms with Crippen LogP contribution in [0.25, 0.3) is 0 Å². The Bertz CT molecular complexity index is 421. The number of rotatable bonds is 3. The zero-order valence-electron chi connectivity index (χ0n) is 13.1. The predicted octanol–water partition coefficient (Wildman–Crippen LogP) is 5.66. The van der Waals surface area contributed by atoms with Crippen LogP contribution in [-0.4, -0.2) is 28.7 Å². The van der Waals surface area contributed by atoms with Crippen LogP contribution in [0, 0.1) is 11.3 Å². The van der Waals surface area contributed by atoms with Crippen LogP contribution in [0.4, 0.5) is 0 Å². The number of hydrogen-bond acceptors (Lipinski definition) is 3. The summed E-state index contributed by atoms with van der Waals surface area (Å²) < 4.78 is 0.762. The molecule has 1 fully saturated rings. The maximum atomic E-state index is 2.52. The van der Waals surface area contributed by atoms with Crippen molar-refractivity contribution in [3.05, 3.63) is 30.3 Å². The molecular formula is C16H26PS3+. The molecule has 0 nitrogen and oxygen atoms in total. The molecule has 1 atom stereocenters. The van der Waals surface area contributed by atoms with E-state index in [0.717, 1.165) is 10.2 Å². The Labute approximate surface area is 137 Å². The van der Waals surface area contributed by atoms with Crippen molar-refractivity contribution in [2.45, 2.75) is 25.1 Å². The smallest absolute Gasteiger partial charge is 0.106 e. The molecule has 1 heterocycles. The van der Waals surface area contributed by atoms with Gasteiger partial charge < -0.3 is 0 Å². The van der Waals surface area contributed by atoms with Gasteiger partial charge in [0.05, 0.1) is 6.66 Å². The molecule has 0 bridgehead atoms. The highest BCUT2D eigenvalue weighted by Crippen LogP contribution is 2.75. The first-order valence-corrected chi connectivity index (χ1v) is 13.3. The van der Waals surface area contributed by atoms with E-state index in [1.807, 2.05) is 0 Å². The van der Waals surface area contributed by atoms with E-state index in [9.17, 15) is 0 Å². The summed E-state index contributed by atoms with van der Waals surface area (Å²) in [4.78, 5) is 0. The fraction of sp³-hybridized carbons (Fsp3) is 0.625. The molecule has 0 radical (unpaired) electrons. The van der Waals surface area contributed by atoms with Gasteiger partial charge in [-0.05, 0) is 23.5 Å². The summed E-state index contributed by atoms with van der Waals surface area (Å²) in [6.45, 7) is 8.57. The molecule has 1 unspecified atom stereocenters. The fourth-order valence-electron chi connectivity index (χ4n) is 2.31. The van der Waals surface area contributed by atoms with E-state index in [1.54, 1.807) is 5.30 Å². The van der Waals surface area contributed by atoms with Gasteiger partial charge in [0.25, 0.3) is 0 Å². The lowest BCUT2D eigenvalue weighted by Gasteiger charge is -2.38. The van der Waals surface area contributed by atoms with Gasteiger partial charge in [-0.2, -0.15) is 0 Å². The summed E-state index contributed by atoms with van der Waals surface area (Å²) in [7, 11) is 0. The first-order chi connectivity index (χ1) is 9.38. The highest BCUT2D eigenvalue weighted by molar-refractivity contribution is 8.68. The van der Waals surface area contributed by atoms with Crippen molar-refractivity contribution in [1.82, 2.24) is 0 Å². The van der Waals surface area contributed by atoms with Gasteiger partial charge in [-0.25, -0.2) is 0 Å². The molecular weight excluding hydrogens is 319 g/mol. The molecule has 1 aliphatic rings. The molecule has 112 valence electrons. The number of thioether (sulfide) groups is 2. The molecule has 0 saturated carbocycles. The second kappa shape index (κ2) is 6.86. The minimum Gasteiger partial charge on any atom is -0.106 e. The van der Waals surface area contributed by atoms with Crippen LogP contribution in [0.15, 0.2) is 30.3 Å². The highest BCUT2D eigenvalue weighted by atomic mass is 32.7. The van der Waals surface area contributed by atoms with E-state index in [4.69, 9.17) is 0 Å². The van der Waals surface area contributed by atoms with Crippen LogP contribution >= 0.6 is 41.4 Å². The Morgan fingerprint density at radius 3 is 2.10 bits per heavy atom. The molecule has 1 aromatic rings. The van der Waals surface area contributed by atoms with E-state index < -0.39 is 6.46 Å². The van der Waals surface area contributed by atoms with Crippen LogP contribution in [-0.2, 0) is 0 Å². The minimum absolute atomic E-state index is 0.450. The average Bonchev–Trinajstić information content (AvgIpc) is 2.46. The lowest BCUT2D eigenvalue weighted by Crippen LogP contribution is -2.31. The van der Waals surface area contributed by atoms with Crippen LogP contribution in [0.3, 0.4) is 0 Å². The zero-order chi connectivity index (χ0) is 14.8. The summed E-state index contributed by atoms with van der Waals surface area (Å²) in [5.41, 5.74) is 0.450. The summed E-state index contributed by atoms with van der Waals surface area (Å²) >= 11 is 6.54. The second-order valence-corrected chi connectivity index (χ2v) is 16.6. The van der Waals surface area contributed by atoms with Gasteiger partial charge in [-0.1, -0.05) is 39.0 Å². The van der Waals surface area contributed by atoms with Crippen molar-refractivity contribution in [2.75, 3.05) is 24.4 Å². The summed E-state index contributed by atoms with van der Waals surface area (Å²) in [6, 6.07) is 11.2. The van der Waals surface area contributed by atoms with E-state index in [-0.39, 0.29) is 0 Å². The molecule has 0 N–H and O–H groups in total. The van der Waals surface area contributed by atoms with Gasteiger partial charge in [0, 0.05) is 29.1 Å². The number of benzene rings is 1. The Morgan fingerprint density at radius 2 is 1.65 bits per heavy atom. The van der Waals surface area contributed by atoms with Gasteiger partial charge in [0.15, 0.2) is 4.32 Å². The fourth-order valence-corrected chi connectivity index (χ4v) is 14.4. The van der Waals surface area contributed by atoms with Crippen molar-refractivity contribution in [1.29, 1.82) is 0 Å². The first kappa shape index (κ1) is 17.1. The topological polar surface area (TPSA) is 0 Å². The molecule has 2 rings (SSSR count). The molecule has 1 aliphatic heterocycles. The summed E-state index contributed by atoms with van der Waals surface area (Å²) in [5.74, 6) is 3.49. The summed E-state index contributed by atoms with van der Waals surface area (Å²) in [6.07, 6.45) is 2.30. The normalized spacial score (nSPS) is 27.1. The summed E-state index contributed by atoms with van der Waals surface area (Å²) in [5, 5.41) is 1.58. The zero-order valence-corrected chi connectivity index (χ0v) is 16.5. The maximum absolute atomic E-state index is 2.52. The second-order valence-electron chi connectivity index (χ2n) is 6.54. The van der Waals surface area contributed by atoms with Gasteiger partial charge >= 0.3 is 0 Å². The van der Waals surface area contributed by atoms with Crippen LogP contribution < -0.4 is 5.30 Å². The Morgan fingerprint density at radius 1 is 1.10 bits per heavy atom. The standard InChI is InChI=1S/C16H26PS3/c1-16(2,3)13-11-19-15(20-12-13)17(4,18-5)14-9-7-6-8-10-14/h6-10,13,15H,11-12H2,1-5H3/q+1. The molecule has 0 spiro atoms. The third-order valence-electron chi connectivity index (χ3n) is 4.16. The Hall–Kier alpha value is 0.700. The largest absolute Gasteiger partial charge is 0.174 e. The molecule has 0 amide bonds. The maximum Gasteiger partial charge on any atom is 0.174 e. The van der Waals surface area contributed by atoms with Crippen molar-refractivity contribution in [3.63, 3.8) is 0 Å². The van der Waals surface area contributed by atoms with Crippen LogP contribution in [0.2, 0.25) is 0 Å². The average molecular weight is 346 g/mol. The molecule has 1 aromatic carbocycles. The molecule has 0 aliphatic carbocycles. The Kier molecular flexibility index (Phi) is 5.85. The van der Waals surface area contributed by atoms with E-state index in [1.165, 1.54) is 11.5 Å². The molecule has 4 heteroatoms. The SMILES string of the molecule is CS[P+](C)(c1ccccc1)C1SCC(C(C)(C)C)CS1. The van der Waals surface area contributed by atoms with Gasteiger partial charge in [0.2, 0.25) is 0 Å². The third-order valence-corrected chi connectivity index (χ3v) is 17.4. The third kappa shape index (κ3) is 3.72. The van der Waals surface area contributed by atoms with Gasteiger partial charge in [0.1, 0.15) is 11.8 Å². The number of hydrogen-bond donors (Lipinski definition) is 0. The lowest BCUT2D eigenvalue weighted by atomic mass is 9.83. The van der Waals surface area contributed by atoms with E-state index in [2.05, 4.69) is 98.9 Å². The predicted molar refractivity (Wildman–Crippen MR) is 104 cm³/mol. The van der Waals surface area contributed by atoms with Gasteiger partial charge in [-0.3, -0.25) is 0 Å². The van der Waals surface area contributed by atoms with Crippen molar-refractivity contribution in [2.24, 2.45) is 11.3 Å². The van der Waals surface area contributed by atoms with E-state index >= 15 is 0 Å². The van der Waals surface area contributed by atoms with Crippen molar-refractivity contribution >= 4 is 46.7 Å². The Balaban J connectivity index is 2.11. The minimum atomic E-state index is -1.11. The molecule has 20 heavy (non-hydrogen) atoms. The highest BCUT2D eigenvalue weighted by Gasteiger charge is 2.47. The van der Waals surface area contributed by atoms with E-state index in [0.29, 0.717) is 5.41 Å². The van der Waals surface area contributed by atoms with Crippen molar-refractivity contribution in [3.8, 4) is 0 Å².